The lowest BCUT2D eigenvalue weighted by Gasteiger charge is -2.10. The number of halogens is 4. The minimum absolute atomic E-state index is 0.00797. The van der Waals surface area contributed by atoms with E-state index in [1.165, 1.54) is 10.9 Å². The van der Waals surface area contributed by atoms with Gasteiger partial charge in [0.25, 0.3) is 5.91 Å². The highest BCUT2D eigenvalue weighted by Crippen LogP contribution is 2.28. The van der Waals surface area contributed by atoms with Gasteiger partial charge in [-0.1, -0.05) is 19.1 Å². The summed E-state index contributed by atoms with van der Waals surface area (Å²) in [6.07, 6.45) is -1.73. The van der Waals surface area contributed by atoms with Gasteiger partial charge in [-0.3, -0.25) is 19.3 Å². The molecule has 0 aliphatic carbocycles. The first kappa shape index (κ1) is 30.4. The van der Waals surface area contributed by atoms with Crippen LogP contribution in [0.5, 0.6) is 0 Å². The van der Waals surface area contributed by atoms with E-state index in [0.29, 0.717) is 6.29 Å². The molecule has 2 aromatic rings. The Morgan fingerprint density at radius 2 is 2.00 bits per heavy atom. The molecule has 2 aromatic heterocycles. The smallest absolute Gasteiger partial charge is 0.400 e. The maximum Gasteiger partial charge on any atom is 0.416 e. The number of alkyl halides is 4. The van der Waals surface area contributed by atoms with Crippen LogP contribution in [0.1, 0.15) is 42.0 Å². The van der Waals surface area contributed by atoms with Crippen LogP contribution in [0, 0.1) is 0 Å². The summed E-state index contributed by atoms with van der Waals surface area (Å²) in [7, 11) is 1.00. The summed E-state index contributed by atoms with van der Waals surface area (Å²) in [4.78, 5) is 26.1. The van der Waals surface area contributed by atoms with Crippen LogP contribution in [-0.2, 0) is 24.1 Å². The molecule has 0 aliphatic heterocycles. The van der Waals surface area contributed by atoms with Crippen molar-refractivity contribution in [2.45, 2.75) is 45.7 Å². The second-order valence-electron chi connectivity index (χ2n) is 6.13. The van der Waals surface area contributed by atoms with Crippen LogP contribution in [0.3, 0.4) is 0 Å². The van der Waals surface area contributed by atoms with Gasteiger partial charge in [0, 0.05) is 32.6 Å². The molecule has 190 valence electrons. The van der Waals surface area contributed by atoms with Crippen LogP contribution in [-0.4, -0.2) is 57.1 Å². The number of nitrogens with zero attached hydrogens (tertiary/aromatic N) is 4. The molecule has 0 saturated heterocycles. The number of amides is 1. The van der Waals surface area contributed by atoms with Crippen molar-refractivity contribution in [1.29, 1.82) is 0 Å². The maximum absolute atomic E-state index is 13.9. The SMILES string of the molecule is CC.CO.N/C(=C\NCC(F)CCn1cc(C=O)nn1)C(=O)NCc1cc(C(F)(F)F)ccn1. The zero-order valence-electron chi connectivity index (χ0n) is 19.0. The number of carbonyl (C=O) groups excluding carboxylic acids is 2. The van der Waals surface area contributed by atoms with Crippen molar-refractivity contribution in [3.05, 3.63) is 53.4 Å². The van der Waals surface area contributed by atoms with Crippen molar-refractivity contribution in [2.75, 3.05) is 13.7 Å². The average Bonchev–Trinajstić information content (AvgIpc) is 3.31. The Morgan fingerprint density at radius 3 is 2.59 bits per heavy atom. The molecule has 1 amide bonds. The molecule has 2 heterocycles. The number of hydrogen-bond donors (Lipinski definition) is 4. The number of hydrogen-bond acceptors (Lipinski definition) is 8. The van der Waals surface area contributed by atoms with Crippen LogP contribution >= 0.6 is 0 Å². The number of nitrogens with two attached hydrogens (primary N) is 1. The fourth-order valence-corrected chi connectivity index (χ4v) is 2.24. The summed E-state index contributed by atoms with van der Waals surface area (Å²) in [5.74, 6) is -0.749. The van der Waals surface area contributed by atoms with Crippen LogP contribution in [0.25, 0.3) is 0 Å². The lowest BCUT2D eigenvalue weighted by atomic mass is 10.2. The van der Waals surface area contributed by atoms with Crippen molar-refractivity contribution in [1.82, 2.24) is 30.6 Å². The molecule has 0 aromatic carbocycles. The predicted octanol–water partition coefficient (Wildman–Crippen LogP) is 1.57. The molecular weight excluding hydrogens is 462 g/mol. The number of aromatic nitrogens is 4. The first-order valence-electron chi connectivity index (χ1n) is 10.1. The predicted molar refractivity (Wildman–Crippen MR) is 116 cm³/mol. The average molecular weight is 491 g/mol. The summed E-state index contributed by atoms with van der Waals surface area (Å²) in [6.45, 7) is 3.80. The minimum Gasteiger partial charge on any atom is -0.400 e. The van der Waals surface area contributed by atoms with E-state index in [1.54, 1.807) is 0 Å². The van der Waals surface area contributed by atoms with Crippen molar-refractivity contribution in [3.63, 3.8) is 0 Å². The number of aryl methyl sites for hydroxylation is 1. The highest BCUT2D eigenvalue weighted by molar-refractivity contribution is 5.92. The fourth-order valence-electron chi connectivity index (χ4n) is 2.24. The van der Waals surface area contributed by atoms with Crippen LogP contribution in [0.15, 0.2) is 36.4 Å². The van der Waals surface area contributed by atoms with Crippen LogP contribution < -0.4 is 16.4 Å². The van der Waals surface area contributed by atoms with E-state index in [2.05, 4.69) is 25.9 Å². The van der Waals surface area contributed by atoms with E-state index in [1.807, 2.05) is 13.8 Å². The molecule has 0 radical (unpaired) electrons. The van der Waals surface area contributed by atoms with Gasteiger partial charge in [-0.15, -0.1) is 5.10 Å². The second-order valence-corrected chi connectivity index (χ2v) is 6.13. The van der Waals surface area contributed by atoms with Crippen molar-refractivity contribution in [3.8, 4) is 0 Å². The zero-order valence-corrected chi connectivity index (χ0v) is 19.0. The lowest BCUT2D eigenvalue weighted by molar-refractivity contribution is -0.137. The Labute approximate surface area is 194 Å². The second kappa shape index (κ2) is 16.1. The third kappa shape index (κ3) is 11.4. The Hall–Kier alpha value is -3.55. The van der Waals surface area contributed by atoms with E-state index < -0.39 is 23.8 Å². The zero-order chi connectivity index (χ0) is 26.1. The Bertz CT molecular complexity index is 904. The largest absolute Gasteiger partial charge is 0.416 e. The highest BCUT2D eigenvalue weighted by Gasteiger charge is 2.30. The van der Waals surface area contributed by atoms with Gasteiger partial charge in [-0.25, -0.2) is 4.39 Å². The highest BCUT2D eigenvalue weighted by atomic mass is 19.4. The standard InChI is InChI=1S/C17H19F4N7O2.C2H6.CH4O/c18-12(2-4-28-9-14(10-29)26-27-28)6-23-8-15(22)16(30)25-7-13-5-11(1-3-24-13)17(19,20)21;2*1-2/h1,3,5,8-10,12,23H,2,4,6-7,22H2,(H,25,30);1-2H3;2H,1H3/b15-8-;;. The van der Waals surface area contributed by atoms with Gasteiger partial charge in [-0.2, -0.15) is 13.2 Å². The molecule has 0 bridgehead atoms. The molecule has 2 rings (SSSR count). The molecule has 1 unspecified atom stereocenters. The number of pyridine rings is 1. The van der Waals surface area contributed by atoms with Crippen LogP contribution in [0.4, 0.5) is 17.6 Å². The fraction of sp³-hybridized carbons (Fsp3) is 0.450. The third-order valence-corrected chi connectivity index (χ3v) is 3.78. The molecule has 5 N–H and O–H groups in total. The number of carbonyl (C=O) groups is 2. The van der Waals surface area contributed by atoms with Gasteiger partial charge in [0.05, 0.1) is 24.0 Å². The normalized spacial score (nSPS) is 11.8. The summed E-state index contributed by atoms with van der Waals surface area (Å²) in [5, 5.41) is 19.1. The van der Waals surface area contributed by atoms with Crippen LogP contribution in [0.2, 0.25) is 0 Å². The minimum atomic E-state index is -4.52. The number of aldehydes is 1. The monoisotopic (exact) mass is 491 g/mol. The Kier molecular flexibility index (Phi) is 14.4. The first-order chi connectivity index (χ1) is 16.2. The Balaban J connectivity index is 0.00000258. The van der Waals surface area contributed by atoms with Gasteiger partial charge in [-0.05, 0) is 18.6 Å². The van der Waals surface area contributed by atoms with E-state index >= 15 is 0 Å². The maximum atomic E-state index is 13.9. The molecule has 0 saturated carbocycles. The van der Waals surface area contributed by atoms with Gasteiger partial charge < -0.3 is 21.5 Å². The van der Waals surface area contributed by atoms with E-state index in [-0.39, 0.29) is 43.1 Å². The molecule has 14 heteroatoms. The van der Waals surface area contributed by atoms with Gasteiger partial charge >= 0.3 is 6.18 Å². The lowest BCUT2D eigenvalue weighted by Crippen LogP contribution is -2.31. The summed E-state index contributed by atoms with van der Waals surface area (Å²) < 4.78 is 53.2. The molecule has 0 aliphatic rings. The van der Waals surface area contributed by atoms with Gasteiger partial charge in [0.2, 0.25) is 0 Å². The quantitative estimate of drug-likeness (QED) is 0.222. The molecule has 34 heavy (non-hydrogen) atoms. The van der Waals surface area contributed by atoms with Crippen molar-refractivity contribution in [2.24, 2.45) is 5.73 Å². The summed E-state index contributed by atoms with van der Waals surface area (Å²) in [6, 6.07) is 1.64. The molecule has 0 fully saturated rings. The van der Waals surface area contributed by atoms with E-state index in [4.69, 9.17) is 10.8 Å². The molecule has 10 nitrogen and oxygen atoms in total. The number of aliphatic hydroxyl groups excluding tert-OH is 1. The molecule has 0 spiro atoms. The van der Waals surface area contributed by atoms with E-state index in [9.17, 15) is 27.2 Å². The number of aliphatic hydroxyl groups is 1. The van der Waals surface area contributed by atoms with E-state index in [0.717, 1.165) is 31.6 Å². The summed E-state index contributed by atoms with van der Waals surface area (Å²) in [5.41, 5.74) is 4.55. The van der Waals surface area contributed by atoms with Gasteiger partial charge in [0.1, 0.15) is 17.6 Å². The van der Waals surface area contributed by atoms with Crippen molar-refractivity contribution < 1.29 is 32.3 Å². The van der Waals surface area contributed by atoms with Gasteiger partial charge in [0.15, 0.2) is 6.29 Å². The Morgan fingerprint density at radius 1 is 1.32 bits per heavy atom. The first-order valence-corrected chi connectivity index (χ1v) is 10.1. The molecule has 1 atom stereocenters. The third-order valence-electron chi connectivity index (χ3n) is 3.78. The summed E-state index contributed by atoms with van der Waals surface area (Å²) >= 11 is 0. The number of nitrogens with one attached hydrogen (secondary N) is 2. The number of rotatable bonds is 10. The van der Waals surface area contributed by atoms with Crippen molar-refractivity contribution >= 4 is 12.2 Å². The topological polar surface area (TPSA) is 148 Å². The molecular formula is C20H29F4N7O3.